The highest BCUT2D eigenvalue weighted by molar-refractivity contribution is 7.17. The third-order valence-corrected chi connectivity index (χ3v) is 3.89. The molecular formula is C10H14ClN3O2S. The lowest BCUT2D eigenvalue weighted by Gasteiger charge is -2.30. The molecule has 2 heterocycles. The van der Waals surface area contributed by atoms with Gasteiger partial charge in [-0.15, -0.1) is 10.2 Å². The van der Waals surface area contributed by atoms with E-state index in [1.807, 2.05) is 4.90 Å². The van der Waals surface area contributed by atoms with E-state index in [0.29, 0.717) is 15.4 Å². The van der Waals surface area contributed by atoms with Crippen molar-refractivity contribution in [1.29, 1.82) is 0 Å². The second-order valence-electron chi connectivity index (χ2n) is 4.05. The van der Waals surface area contributed by atoms with Gasteiger partial charge in [0.05, 0.1) is 0 Å². The van der Waals surface area contributed by atoms with Gasteiger partial charge < -0.3 is 9.64 Å². The van der Waals surface area contributed by atoms with E-state index in [-0.39, 0.29) is 5.91 Å². The van der Waals surface area contributed by atoms with Gasteiger partial charge >= 0.3 is 0 Å². The number of aromatic nitrogens is 2. The Hall–Kier alpha value is -0.720. The Bertz CT molecular complexity index is 391. The standard InChI is InChI=1S/C10H14ClN3O2S/c1-16-6-7-2-4-14(5-3-7)9(15)8-12-13-10(11)17-8/h7H,2-6H2,1H3. The highest BCUT2D eigenvalue weighted by Gasteiger charge is 2.25. The zero-order chi connectivity index (χ0) is 12.3. The molecule has 0 saturated carbocycles. The Balaban J connectivity index is 1.90. The number of amides is 1. The zero-order valence-corrected chi connectivity index (χ0v) is 11.1. The van der Waals surface area contributed by atoms with E-state index < -0.39 is 0 Å². The van der Waals surface area contributed by atoms with Crippen molar-refractivity contribution in [2.24, 2.45) is 5.92 Å². The van der Waals surface area contributed by atoms with Crippen LogP contribution in [-0.4, -0.2) is 47.8 Å². The van der Waals surface area contributed by atoms with Gasteiger partial charge in [-0.05, 0) is 30.4 Å². The second kappa shape index (κ2) is 5.75. The van der Waals surface area contributed by atoms with Crippen molar-refractivity contribution in [3.63, 3.8) is 0 Å². The maximum absolute atomic E-state index is 12.0. The van der Waals surface area contributed by atoms with Gasteiger partial charge in [0, 0.05) is 26.8 Å². The molecule has 1 amide bonds. The van der Waals surface area contributed by atoms with Crippen LogP contribution in [0.2, 0.25) is 4.47 Å². The highest BCUT2D eigenvalue weighted by Crippen LogP contribution is 2.21. The number of rotatable bonds is 3. The summed E-state index contributed by atoms with van der Waals surface area (Å²) < 4.78 is 5.43. The van der Waals surface area contributed by atoms with E-state index in [9.17, 15) is 4.79 Å². The van der Waals surface area contributed by atoms with Gasteiger partial charge in [0.25, 0.3) is 5.91 Å². The Morgan fingerprint density at radius 1 is 1.53 bits per heavy atom. The fourth-order valence-electron chi connectivity index (χ4n) is 1.97. The molecule has 1 aromatic rings. The van der Waals surface area contributed by atoms with E-state index in [1.165, 1.54) is 0 Å². The number of piperidine rings is 1. The summed E-state index contributed by atoms with van der Waals surface area (Å²) >= 11 is 6.79. The Labute approximate surface area is 109 Å². The monoisotopic (exact) mass is 275 g/mol. The first kappa shape index (κ1) is 12.7. The van der Waals surface area contributed by atoms with Crippen LogP contribution in [0, 0.1) is 5.92 Å². The summed E-state index contributed by atoms with van der Waals surface area (Å²) in [5.74, 6) is 0.493. The smallest absolute Gasteiger partial charge is 0.284 e. The summed E-state index contributed by atoms with van der Waals surface area (Å²) in [7, 11) is 1.71. The van der Waals surface area contributed by atoms with Crippen molar-refractivity contribution in [3.8, 4) is 0 Å². The molecule has 0 aliphatic carbocycles. The van der Waals surface area contributed by atoms with E-state index in [4.69, 9.17) is 16.3 Å². The SMILES string of the molecule is COCC1CCN(C(=O)c2nnc(Cl)s2)CC1. The van der Waals surface area contributed by atoms with E-state index in [2.05, 4.69) is 10.2 Å². The number of carbonyl (C=O) groups excluding carboxylic acids is 1. The first-order valence-electron chi connectivity index (χ1n) is 5.48. The molecule has 2 rings (SSSR count). The van der Waals surface area contributed by atoms with Gasteiger partial charge in [-0.25, -0.2) is 0 Å². The Morgan fingerprint density at radius 2 is 2.24 bits per heavy atom. The lowest BCUT2D eigenvalue weighted by atomic mass is 9.98. The molecule has 7 heteroatoms. The van der Waals surface area contributed by atoms with Gasteiger partial charge in [0.1, 0.15) is 0 Å². The Morgan fingerprint density at radius 3 is 2.76 bits per heavy atom. The first-order valence-corrected chi connectivity index (χ1v) is 6.67. The minimum absolute atomic E-state index is 0.0646. The van der Waals surface area contributed by atoms with Crippen LogP contribution in [0.1, 0.15) is 22.6 Å². The molecule has 0 aromatic carbocycles. The van der Waals surface area contributed by atoms with Crippen LogP contribution >= 0.6 is 22.9 Å². The van der Waals surface area contributed by atoms with Crippen molar-refractivity contribution < 1.29 is 9.53 Å². The molecule has 0 N–H and O–H groups in total. The normalized spacial score (nSPS) is 17.4. The highest BCUT2D eigenvalue weighted by atomic mass is 35.5. The Kier molecular flexibility index (Phi) is 4.31. The topological polar surface area (TPSA) is 55.3 Å². The molecule has 0 atom stereocenters. The third-order valence-electron chi connectivity index (χ3n) is 2.89. The largest absolute Gasteiger partial charge is 0.384 e. The average Bonchev–Trinajstić information content (AvgIpc) is 2.76. The minimum atomic E-state index is -0.0646. The summed E-state index contributed by atoms with van der Waals surface area (Å²) in [6.07, 6.45) is 1.96. The van der Waals surface area contributed by atoms with Gasteiger partial charge in [0.2, 0.25) is 9.47 Å². The molecule has 1 aromatic heterocycles. The predicted molar refractivity (Wildman–Crippen MR) is 65.4 cm³/mol. The molecule has 5 nitrogen and oxygen atoms in total. The molecule has 1 aliphatic heterocycles. The molecule has 0 bridgehead atoms. The minimum Gasteiger partial charge on any atom is -0.384 e. The summed E-state index contributed by atoms with van der Waals surface area (Å²) in [5, 5.41) is 7.79. The molecule has 94 valence electrons. The number of likely N-dealkylation sites (tertiary alicyclic amines) is 1. The quantitative estimate of drug-likeness (QED) is 0.842. The van der Waals surface area contributed by atoms with Crippen molar-refractivity contribution in [1.82, 2.24) is 15.1 Å². The lowest BCUT2D eigenvalue weighted by molar-refractivity contribution is 0.0612. The van der Waals surface area contributed by atoms with E-state index in [0.717, 1.165) is 43.9 Å². The summed E-state index contributed by atoms with van der Waals surface area (Å²) in [4.78, 5) is 13.8. The third kappa shape index (κ3) is 3.14. The van der Waals surface area contributed by atoms with Crippen LogP contribution < -0.4 is 0 Å². The fourth-order valence-corrected chi connectivity index (χ4v) is 2.76. The molecule has 0 spiro atoms. The molecule has 1 saturated heterocycles. The maximum atomic E-state index is 12.0. The second-order valence-corrected chi connectivity index (χ2v) is 5.61. The number of nitrogens with zero attached hydrogens (tertiary/aromatic N) is 3. The van der Waals surface area contributed by atoms with E-state index >= 15 is 0 Å². The summed E-state index contributed by atoms with van der Waals surface area (Å²) in [5.41, 5.74) is 0. The number of carbonyl (C=O) groups is 1. The summed E-state index contributed by atoms with van der Waals surface area (Å²) in [6, 6.07) is 0. The van der Waals surface area contributed by atoms with Gasteiger partial charge in [-0.3, -0.25) is 4.79 Å². The molecule has 1 fully saturated rings. The first-order chi connectivity index (χ1) is 8.20. The van der Waals surface area contributed by atoms with Crippen molar-refractivity contribution >= 4 is 28.8 Å². The molecule has 0 unspecified atom stereocenters. The number of halogens is 1. The van der Waals surface area contributed by atoms with Crippen LogP contribution in [-0.2, 0) is 4.74 Å². The van der Waals surface area contributed by atoms with Crippen LogP contribution in [0.15, 0.2) is 0 Å². The van der Waals surface area contributed by atoms with Crippen LogP contribution in [0.5, 0.6) is 0 Å². The molecular weight excluding hydrogens is 262 g/mol. The summed E-state index contributed by atoms with van der Waals surface area (Å²) in [6.45, 7) is 2.28. The predicted octanol–water partition coefficient (Wildman–Crippen LogP) is 1.69. The number of hydrogen-bond donors (Lipinski definition) is 0. The van der Waals surface area contributed by atoms with Crippen LogP contribution in [0.25, 0.3) is 0 Å². The van der Waals surface area contributed by atoms with Gasteiger partial charge in [0.15, 0.2) is 0 Å². The number of ether oxygens (including phenoxy) is 1. The fraction of sp³-hybridized carbons (Fsp3) is 0.700. The van der Waals surface area contributed by atoms with Gasteiger partial charge in [-0.1, -0.05) is 11.3 Å². The number of hydrogen-bond acceptors (Lipinski definition) is 5. The molecule has 0 radical (unpaired) electrons. The zero-order valence-electron chi connectivity index (χ0n) is 9.56. The average molecular weight is 276 g/mol. The molecule has 17 heavy (non-hydrogen) atoms. The van der Waals surface area contributed by atoms with Crippen LogP contribution in [0.4, 0.5) is 0 Å². The van der Waals surface area contributed by atoms with E-state index in [1.54, 1.807) is 7.11 Å². The number of methoxy groups -OCH3 is 1. The van der Waals surface area contributed by atoms with Crippen molar-refractivity contribution in [3.05, 3.63) is 9.47 Å². The van der Waals surface area contributed by atoms with Crippen molar-refractivity contribution in [2.75, 3.05) is 26.8 Å². The van der Waals surface area contributed by atoms with Crippen molar-refractivity contribution in [2.45, 2.75) is 12.8 Å². The maximum Gasteiger partial charge on any atom is 0.284 e. The van der Waals surface area contributed by atoms with Crippen LogP contribution in [0.3, 0.4) is 0 Å². The molecule has 1 aliphatic rings. The van der Waals surface area contributed by atoms with Gasteiger partial charge in [-0.2, -0.15) is 0 Å². The lowest BCUT2D eigenvalue weighted by Crippen LogP contribution is -2.39.